The van der Waals surface area contributed by atoms with Gasteiger partial charge in [0.25, 0.3) is 10.0 Å². The number of hydrogen-bond acceptors (Lipinski definition) is 3. The van der Waals surface area contributed by atoms with Crippen molar-refractivity contribution in [3.05, 3.63) is 51.7 Å². The van der Waals surface area contributed by atoms with Crippen molar-refractivity contribution in [1.82, 2.24) is 0 Å². The molecule has 2 aromatic carbocycles. The van der Waals surface area contributed by atoms with Crippen LogP contribution >= 0.6 is 27.5 Å². The van der Waals surface area contributed by atoms with E-state index < -0.39 is 15.8 Å². The zero-order valence-corrected chi connectivity index (χ0v) is 13.1. The molecule has 0 bridgehead atoms. The fourth-order valence-corrected chi connectivity index (χ4v) is 3.81. The van der Waals surface area contributed by atoms with Crippen LogP contribution in [0.25, 0.3) is 0 Å². The number of hydrogen-bond donors (Lipinski definition) is 2. The molecule has 0 aliphatic heterocycles. The number of sulfonamides is 1. The second-order valence-corrected chi connectivity index (χ2v) is 6.77. The summed E-state index contributed by atoms with van der Waals surface area (Å²) in [5, 5.41) is -0.00924. The first kappa shape index (κ1) is 15.1. The van der Waals surface area contributed by atoms with Crippen LogP contribution in [0.4, 0.5) is 15.8 Å². The predicted molar refractivity (Wildman–Crippen MR) is 80.8 cm³/mol. The van der Waals surface area contributed by atoms with E-state index in [0.717, 1.165) is 6.07 Å². The lowest BCUT2D eigenvalue weighted by Crippen LogP contribution is -2.15. The first-order chi connectivity index (χ1) is 9.31. The molecule has 3 N–H and O–H groups in total. The second-order valence-electron chi connectivity index (χ2n) is 3.89. The highest BCUT2D eigenvalue weighted by atomic mass is 79.9. The zero-order chi connectivity index (χ0) is 14.9. The summed E-state index contributed by atoms with van der Waals surface area (Å²) in [7, 11) is -4.02. The van der Waals surface area contributed by atoms with Crippen LogP contribution in [0.15, 0.2) is 45.8 Å². The van der Waals surface area contributed by atoms with E-state index in [0.29, 0.717) is 4.47 Å². The number of rotatable bonds is 3. The highest BCUT2D eigenvalue weighted by Crippen LogP contribution is 2.31. The van der Waals surface area contributed by atoms with Gasteiger partial charge < -0.3 is 5.73 Å². The molecule has 0 aliphatic rings. The first-order valence-corrected chi connectivity index (χ1v) is 7.98. The molecule has 0 saturated carbocycles. The van der Waals surface area contributed by atoms with Gasteiger partial charge in [-0.1, -0.05) is 17.7 Å². The minimum Gasteiger partial charge on any atom is -0.398 e. The van der Waals surface area contributed by atoms with Gasteiger partial charge in [0.05, 0.1) is 16.4 Å². The Labute approximate surface area is 128 Å². The maximum Gasteiger partial charge on any atom is 0.265 e. The third-order valence-corrected chi connectivity index (χ3v) is 5.04. The maximum absolute atomic E-state index is 13.2. The predicted octanol–water partition coefficient (Wildman–Crippen LogP) is 3.62. The van der Waals surface area contributed by atoms with Gasteiger partial charge in [-0.3, -0.25) is 4.72 Å². The molecular weight excluding hydrogens is 371 g/mol. The molecule has 2 aromatic rings. The minimum absolute atomic E-state index is 0.00924. The molecule has 0 fully saturated rings. The molecule has 2 rings (SSSR count). The molecule has 20 heavy (non-hydrogen) atoms. The van der Waals surface area contributed by atoms with E-state index in [4.69, 9.17) is 17.3 Å². The zero-order valence-electron chi connectivity index (χ0n) is 9.90. The van der Waals surface area contributed by atoms with E-state index in [1.807, 2.05) is 0 Å². The van der Waals surface area contributed by atoms with Crippen LogP contribution in [0.1, 0.15) is 0 Å². The third-order valence-electron chi connectivity index (χ3n) is 2.44. The molecule has 0 aromatic heterocycles. The van der Waals surface area contributed by atoms with Crippen molar-refractivity contribution in [3.8, 4) is 0 Å². The maximum atomic E-state index is 13.2. The average Bonchev–Trinajstić information content (AvgIpc) is 2.33. The van der Waals surface area contributed by atoms with Gasteiger partial charge in [-0.15, -0.1) is 0 Å². The number of nitrogen functional groups attached to an aromatic ring is 1. The number of halogens is 3. The molecule has 0 atom stereocenters. The molecule has 106 valence electrons. The number of nitrogens with two attached hydrogens (primary N) is 1. The third kappa shape index (κ3) is 3.05. The number of nitrogens with one attached hydrogen (secondary N) is 1. The topological polar surface area (TPSA) is 72.2 Å². The van der Waals surface area contributed by atoms with E-state index in [-0.39, 0.29) is 21.3 Å². The van der Waals surface area contributed by atoms with Crippen LogP contribution in [0, 0.1) is 5.82 Å². The average molecular weight is 380 g/mol. The summed E-state index contributed by atoms with van der Waals surface area (Å²) in [4.78, 5) is -0.238. The minimum atomic E-state index is -4.02. The van der Waals surface area contributed by atoms with Gasteiger partial charge in [-0.2, -0.15) is 0 Å². The van der Waals surface area contributed by atoms with Crippen molar-refractivity contribution in [2.45, 2.75) is 4.90 Å². The highest BCUT2D eigenvalue weighted by Gasteiger charge is 2.22. The lowest BCUT2D eigenvalue weighted by atomic mass is 10.3. The van der Waals surface area contributed by atoms with E-state index in [2.05, 4.69) is 20.7 Å². The Morgan fingerprint density at radius 3 is 2.60 bits per heavy atom. The van der Waals surface area contributed by atoms with Crippen molar-refractivity contribution in [1.29, 1.82) is 0 Å². The van der Waals surface area contributed by atoms with Gasteiger partial charge in [0.2, 0.25) is 0 Å². The van der Waals surface area contributed by atoms with Crippen molar-refractivity contribution >= 4 is 48.9 Å². The number of anilines is 2. The Balaban J connectivity index is 2.49. The largest absolute Gasteiger partial charge is 0.398 e. The van der Waals surface area contributed by atoms with Gasteiger partial charge in [0, 0.05) is 4.47 Å². The summed E-state index contributed by atoms with van der Waals surface area (Å²) in [6.07, 6.45) is 0. The molecule has 0 amide bonds. The molecule has 8 heteroatoms. The lowest BCUT2D eigenvalue weighted by Gasteiger charge is -2.12. The lowest BCUT2D eigenvalue weighted by molar-refractivity contribution is 0.601. The van der Waals surface area contributed by atoms with Gasteiger partial charge in [-0.25, -0.2) is 12.8 Å². The normalized spacial score (nSPS) is 11.3. The standard InChI is InChI=1S/C12H9BrClFN2O2S/c13-8-5-4-7(15)6-11(8)17-20(18,19)12-9(14)2-1-3-10(12)16/h1-6,17H,16H2. The van der Waals surface area contributed by atoms with Crippen LogP contribution in [0.3, 0.4) is 0 Å². The summed E-state index contributed by atoms with van der Waals surface area (Å²) < 4.78 is 40.4. The monoisotopic (exact) mass is 378 g/mol. The van der Waals surface area contributed by atoms with Crippen LogP contribution in [0.5, 0.6) is 0 Å². The van der Waals surface area contributed by atoms with Crippen molar-refractivity contribution < 1.29 is 12.8 Å². The Hall–Kier alpha value is -1.31. The summed E-state index contributed by atoms with van der Waals surface area (Å²) >= 11 is 9.00. The molecule has 0 aliphatic carbocycles. The molecule has 0 radical (unpaired) electrons. The van der Waals surface area contributed by atoms with Gasteiger partial charge >= 0.3 is 0 Å². The molecule has 0 unspecified atom stereocenters. The van der Waals surface area contributed by atoms with Gasteiger partial charge in [0.15, 0.2) is 0 Å². The Kier molecular flexibility index (Phi) is 4.22. The smallest absolute Gasteiger partial charge is 0.265 e. The Morgan fingerprint density at radius 1 is 1.25 bits per heavy atom. The molecular formula is C12H9BrClFN2O2S. The van der Waals surface area contributed by atoms with Crippen molar-refractivity contribution in [2.24, 2.45) is 0 Å². The molecule has 0 spiro atoms. The van der Waals surface area contributed by atoms with Crippen molar-refractivity contribution in [2.75, 3.05) is 10.5 Å². The quantitative estimate of drug-likeness (QED) is 0.800. The van der Waals surface area contributed by atoms with Gasteiger partial charge in [-0.05, 0) is 46.3 Å². The Morgan fingerprint density at radius 2 is 1.95 bits per heavy atom. The second kappa shape index (κ2) is 5.59. The SMILES string of the molecule is Nc1cccc(Cl)c1S(=O)(=O)Nc1cc(F)ccc1Br. The summed E-state index contributed by atoms with van der Waals surface area (Å²) in [6.45, 7) is 0. The first-order valence-electron chi connectivity index (χ1n) is 5.33. The molecule has 0 saturated heterocycles. The van der Waals surface area contributed by atoms with E-state index >= 15 is 0 Å². The summed E-state index contributed by atoms with van der Waals surface area (Å²) in [6, 6.07) is 8.01. The summed E-state index contributed by atoms with van der Waals surface area (Å²) in [5.41, 5.74) is 5.71. The fraction of sp³-hybridized carbons (Fsp3) is 0. The Bertz CT molecular complexity index is 748. The van der Waals surface area contributed by atoms with Crippen LogP contribution in [-0.2, 0) is 10.0 Å². The fourth-order valence-electron chi connectivity index (χ4n) is 1.58. The molecule has 0 heterocycles. The van der Waals surface area contributed by atoms with E-state index in [9.17, 15) is 12.8 Å². The van der Waals surface area contributed by atoms with E-state index in [1.54, 1.807) is 0 Å². The highest BCUT2D eigenvalue weighted by molar-refractivity contribution is 9.10. The number of benzene rings is 2. The van der Waals surface area contributed by atoms with Crippen LogP contribution < -0.4 is 10.5 Å². The van der Waals surface area contributed by atoms with Crippen LogP contribution in [0.2, 0.25) is 5.02 Å². The van der Waals surface area contributed by atoms with Gasteiger partial charge in [0.1, 0.15) is 10.7 Å². The summed E-state index contributed by atoms with van der Waals surface area (Å²) in [5.74, 6) is -0.571. The van der Waals surface area contributed by atoms with Crippen molar-refractivity contribution in [3.63, 3.8) is 0 Å². The molecule has 4 nitrogen and oxygen atoms in total. The van der Waals surface area contributed by atoms with Crippen LogP contribution in [-0.4, -0.2) is 8.42 Å². The van der Waals surface area contributed by atoms with E-state index in [1.165, 1.54) is 30.3 Å².